The van der Waals surface area contributed by atoms with E-state index >= 15 is 0 Å². The maximum Gasteiger partial charge on any atom is 0.283 e. The monoisotopic (exact) mass is 543 g/mol. The van der Waals surface area contributed by atoms with Gasteiger partial charge in [-0.25, -0.2) is 4.90 Å². The highest BCUT2D eigenvalue weighted by molar-refractivity contribution is 9.10. The number of para-hydroxylation sites is 1. The number of halogens is 3. The van der Waals surface area contributed by atoms with Crippen LogP contribution in [0.25, 0.3) is 0 Å². The van der Waals surface area contributed by atoms with E-state index in [-0.39, 0.29) is 16.6 Å². The third kappa shape index (κ3) is 4.66. The summed E-state index contributed by atoms with van der Waals surface area (Å²) in [4.78, 5) is 39.4. The maximum absolute atomic E-state index is 13.0. The van der Waals surface area contributed by atoms with Crippen molar-refractivity contribution >= 4 is 73.9 Å². The molecule has 166 valence electrons. The molecule has 0 saturated carbocycles. The highest BCUT2D eigenvalue weighted by atomic mass is 79.9. The van der Waals surface area contributed by atoms with Crippen LogP contribution in [0.2, 0.25) is 5.02 Å². The molecule has 33 heavy (non-hydrogen) atoms. The van der Waals surface area contributed by atoms with E-state index in [1.54, 1.807) is 42.5 Å². The minimum Gasteiger partial charge on any atom is -0.349 e. The highest BCUT2D eigenvalue weighted by Gasteiger charge is 2.39. The van der Waals surface area contributed by atoms with Gasteiger partial charge in [-0.3, -0.25) is 14.4 Å². The molecule has 6 nitrogen and oxygen atoms in total. The maximum atomic E-state index is 13.0. The largest absolute Gasteiger partial charge is 0.349 e. The quantitative estimate of drug-likeness (QED) is 0.380. The molecule has 0 unspecified atom stereocenters. The van der Waals surface area contributed by atoms with Crippen LogP contribution in [0, 0.1) is 6.92 Å². The fourth-order valence-corrected chi connectivity index (χ4v) is 4.03. The highest BCUT2D eigenvalue weighted by Crippen LogP contribution is 2.32. The third-order valence-electron chi connectivity index (χ3n) is 4.98. The first-order valence-electron chi connectivity index (χ1n) is 9.74. The van der Waals surface area contributed by atoms with Crippen LogP contribution in [-0.2, 0) is 9.59 Å². The molecule has 0 saturated heterocycles. The van der Waals surface area contributed by atoms with Gasteiger partial charge in [0, 0.05) is 20.7 Å². The van der Waals surface area contributed by atoms with Crippen molar-refractivity contribution in [3.05, 3.63) is 98.1 Å². The van der Waals surface area contributed by atoms with E-state index in [4.69, 9.17) is 23.2 Å². The lowest BCUT2D eigenvalue weighted by molar-refractivity contribution is -0.120. The van der Waals surface area contributed by atoms with Crippen LogP contribution in [0.3, 0.4) is 0 Å². The van der Waals surface area contributed by atoms with Crippen LogP contribution in [0.1, 0.15) is 15.9 Å². The van der Waals surface area contributed by atoms with Gasteiger partial charge in [0.1, 0.15) is 10.7 Å². The van der Waals surface area contributed by atoms with Crippen LogP contribution >= 0.6 is 39.1 Å². The second kappa shape index (κ2) is 9.39. The fourth-order valence-electron chi connectivity index (χ4n) is 3.25. The summed E-state index contributed by atoms with van der Waals surface area (Å²) in [5.74, 6) is -1.61. The molecule has 0 bridgehead atoms. The number of nitrogens with zero attached hydrogens (tertiary/aromatic N) is 1. The van der Waals surface area contributed by atoms with Gasteiger partial charge in [0.2, 0.25) is 0 Å². The van der Waals surface area contributed by atoms with E-state index in [0.29, 0.717) is 27.6 Å². The minimum absolute atomic E-state index is 0.0758. The van der Waals surface area contributed by atoms with Gasteiger partial charge in [-0.2, -0.15) is 0 Å². The molecule has 1 aliphatic heterocycles. The van der Waals surface area contributed by atoms with Crippen molar-refractivity contribution in [3.8, 4) is 0 Å². The van der Waals surface area contributed by atoms with Crippen LogP contribution < -0.4 is 15.5 Å². The van der Waals surface area contributed by atoms with Gasteiger partial charge < -0.3 is 10.6 Å². The fraction of sp³-hybridized carbons (Fsp3) is 0.0417. The number of carbonyl (C=O) groups excluding carboxylic acids is 3. The smallest absolute Gasteiger partial charge is 0.283 e. The number of benzene rings is 3. The van der Waals surface area contributed by atoms with Crippen molar-refractivity contribution in [1.82, 2.24) is 0 Å². The Kier molecular flexibility index (Phi) is 6.56. The summed E-state index contributed by atoms with van der Waals surface area (Å²) < 4.78 is 0.747. The van der Waals surface area contributed by atoms with Crippen molar-refractivity contribution in [2.75, 3.05) is 15.5 Å². The summed E-state index contributed by atoms with van der Waals surface area (Å²) in [5, 5.41) is 5.90. The molecule has 9 heteroatoms. The van der Waals surface area contributed by atoms with Gasteiger partial charge in [-0.1, -0.05) is 47.5 Å². The summed E-state index contributed by atoms with van der Waals surface area (Å²) in [6.45, 7) is 1.81. The van der Waals surface area contributed by atoms with Crippen molar-refractivity contribution in [2.45, 2.75) is 6.92 Å². The zero-order valence-corrected chi connectivity index (χ0v) is 20.3. The van der Waals surface area contributed by atoms with Gasteiger partial charge in [0.25, 0.3) is 17.7 Å². The second-order valence-electron chi connectivity index (χ2n) is 7.20. The molecule has 0 atom stereocenters. The van der Waals surface area contributed by atoms with Crippen molar-refractivity contribution in [3.63, 3.8) is 0 Å². The molecular formula is C24H16BrCl2N3O3. The lowest BCUT2D eigenvalue weighted by atomic mass is 10.1. The summed E-state index contributed by atoms with van der Waals surface area (Å²) in [6.07, 6.45) is 0. The number of hydrogen-bond acceptors (Lipinski definition) is 4. The lowest BCUT2D eigenvalue weighted by Crippen LogP contribution is -2.32. The Labute approximate surface area is 208 Å². The normalized spacial score (nSPS) is 13.5. The van der Waals surface area contributed by atoms with Crippen molar-refractivity contribution < 1.29 is 14.4 Å². The van der Waals surface area contributed by atoms with Gasteiger partial charge >= 0.3 is 0 Å². The summed E-state index contributed by atoms with van der Waals surface area (Å²) in [6, 6.07) is 18.6. The summed E-state index contributed by atoms with van der Waals surface area (Å²) in [7, 11) is 0. The Morgan fingerprint density at radius 1 is 0.909 bits per heavy atom. The van der Waals surface area contributed by atoms with Crippen LogP contribution in [0.15, 0.2) is 81.9 Å². The first-order chi connectivity index (χ1) is 15.8. The molecule has 0 aliphatic carbocycles. The molecule has 1 aliphatic rings. The topological polar surface area (TPSA) is 78.5 Å². The van der Waals surface area contributed by atoms with Crippen LogP contribution in [0.5, 0.6) is 0 Å². The summed E-state index contributed by atoms with van der Waals surface area (Å²) in [5.41, 5.74) is 2.44. The molecule has 0 aromatic heterocycles. The SMILES string of the molecule is Cc1ccc(C(=O)Nc2ccccc2Br)cc1NC1=C(Cl)C(=O)N(c2cccc(Cl)c2)C1=O. The number of rotatable bonds is 5. The molecule has 1 heterocycles. The number of hydrogen-bond donors (Lipinski definition) is 2. The number of imide groups is 1. The van der Waals surface area contributed by atoms with Gasteiger partial charge in [0.05, 0.1) is 11.4 Å². The van der Waals surface area contributed by atoms with Crippen molar-refractivity contribution in [1.29, 1.82) is 0 Å². The minimum atomic E-state index is -0.660. The average Bonchev–Trinajstić information content (AvgIpc) is 2.99. The van der Waals surface area contributed by atoms with E-state index in [0.717, 1.165) is 14.9 Å². The Balaban J connectivity index is 1.60. The van der Waals surface area contributed by atoms with E-state index in [1.807, 2.05) is 25.1 Å². The van der Waals surface area contributed by atoms with Gasteiger partial charge in [-0.05, 0) is 70.9 Å². The van der Waals surface area contributed by atoms with E-state index in [1.165, 1.54) is 6.07 Å². The van der Waals surface area contributed by atoms with Crippen LogP contribution in [-0.4, -0.2) is 17.7 Å². The van der Waals surface area contributed by atoms with Crippen molar-refractivity contribution in [2.24, 2.45) is 0 Å². The lowest BCUT2D eigenvalue weighted by Gasteiger charge is -2.16. The predicted octanol–water partition coefficient (Wildman–Crippen LogP) is 6.10. The Morgan fingerprint density at radius 2 is 1.67 bits per heavy atom. The number of nitrogens with one attached hydrogen (secondary N) is 2. The second-order valence-corrected chi connectivity index (χ2v) is 8.87. The number of amides is 3. The van der Waals surface area contributed by atoms with Crippen LogP contribution in [0.4, 0.5) is 17.1 Å². The molecule has 0 radical (unpaired) electrons. The average molecular weight is 545 g/mol. The molecule has 3 aromatic rings. The summed E-state index contributed by atoms with van der Waals surface area (Å²) >= 11 is 15.6. The van der Waals surface area contributed by atoms with E-state index in [9.17, 15) is 14.4 Å². The Bertz CT molecular complexity index is 1340. The van der Waals surface area contributed by atoms with E-state index < -0.39 is 11.8 Å². The molecule has 2 N–H and O–H groups in total. The Morgan fingerprint density at radius 3 is 2.39 bits per heavy atom. The first-order valence-corrected chi connectivity index (χ1v) is 11.3. The molecule has 3 amide bonds. The molecule has 0 fully saturated rings. The van der Waals surface area contributed by atoms with Gasteiger partial charge in [0.15, 0.2) is 0 Å². The number of carbonyl (C=O) groups is 3. The number of aryl methyl sites for hydroxylation is 1. The molecule has 3 aromatic carbocycles. The molecule has 0 spiro atoms. The number of anilines is 3. The third-order valence-corrected chi connectivity index (χ3v) is 6.25. The van der Waals surface area contributed by atoms with Gasteiger partial charge in [-0.15, -0.1) is 0 Å². The molecular weight excluding hydrogens is 529 g/mol. The molecule has 4 rings (SSSR count). The zero-order valence-electron chi connectivity index (χ0n) is 17.2. The predicted molar refractivity (Wildman–Crippen MR) is 134 cm³/mol. The van der Waals surface area contributed by atoms with E-state index in [2.05, 4.69) is 26.6 Å². The Hall–Kier alpha value is -3.13. The standard InChI is InChI=1S/C24H16BrCl2N3O3/c1-13-9-10-14(22(31)29-18-8-3-2-7-17(18)25)11-19(13)28-21-20(27)23(32)30(24(21)33)16-6-4-5-15(26)12-16/h2-12,28H,1H3,(H,29,31). The first kappa shape index (κ1) is 23.0. The zero-order chi connectivity index (χ0) is 23.7.